The highest BCUT2D eigenvalue weighted by Crippen LogP contribution is 2.57. The van der Waals surface area contributed by atoms with Crippen molar-refractivity contribution in [3.05, 3.63) is 29.8 Å². The molecule has 156 valence electrons. The fraction of sp³-hybridized carbons (Fsp3) is 0.571. The number of aromatic hydroxyl groups is 1. The van der Waals surface area contributed by atoms with Gasteiger partial charge < -0.3 is 20.7 Å². The number of hydrogen-bond acceptors (Lipinski definition) is 5. The molecule has 0 aromatic heterocycles. The van der Waals surface area contributed by atoms with Gasteiger partial charge in [0.2, 0.25) is 0 Å². The van der Waals surface area contributed by atoms with Gasteiger partial charge >= 0.3 is 12.1 Å². The summed E-state index contributed by atoms with van der Waals surface area (Å²) in [5.41, 5.74) is 5.58. The third kappa shape index (κ3) is 3.88. The van der Waals surface area contributed by atoms with E-state index in [1.54, 1.807) is 12.1 Å². The Morgan fingerprint density at radius 2 is 1.79 bits per heavy atom. The monoisotopic (exact) mass is 401 g/mol. The molecule has 0 heterocycles. The Morgan fingerprint density at radius 1 is 1.21 bits per heavy atom. The lowest BCUT2D eigenvalue weighted by molar-refractivity contribution is -0.146. The highest BCUT2D eigenvalue weighted by molar-refractivity contribution is 5.96. The predicted octanol–water partition coefficient (Wildman–Crippen LogP) is 2.69. The van der Waals surface area contributed by atoms with Gasteiger partial charge in [-0.15, -0.1) is 0 Å². The number of hydrogen-bond donors (Lipinski definition) is 4. The van der Waals surface area contributed by atoms with Crippen LogP contribution in [0.5, 0.6) is 5.75 Å². The highest BCUT2D eigenvalue weighted by Gasteiger charge is 2.54. The van der Waals surface area contributed by atoms with Gasteiger partial charge in [-0.25, -0.2) is 14.5 Å². The number of carboxylic acids is 1. The van der Waals surface area contributed by atoms with E-state index in [1.807, 2.05) is 0 Å². The van der Waals surface area contributed by atoms with E-state index in [0.29, 0.717) is 23.3 Å². The first kappa shape index (κ1) is 19.5. The average Bonchev–Trinajstić information content (AvgIpc) is 2.59. The van der Waals surface area contributed by atoms with Gasteiger partial charge in [-0.2, -0.15) is 0 Å². The van der Waals surface area contributed by atoms with Crippen molar-refractivity contribution in [3.8, 4) is 5.75 Å². The van der Waals surface area contributed by atoms with Crippen LogP contribution in [-0.4, -0.2) is 44.8 Å². The van der Waals surface area contributed by atoms with E-state index in [4.69, 9.17) is 15.9 Å². The Bertz CT molecular complexity index is 804. The molecule has 1 amide bonds. The quantitative estimate of drug-likeness (QED) is 0.442. The van der Waals surface area contributed by atoms with E-state index in [0.717, 1.165) is 24.2 Å². The summed E-state index contributed by atoms with van der Waals surface area (Å²) < 4.78 is 5.92. The summed E-state index contributed by atoms with van der Waals surface area (Å²) in [6.07, 6.45) is 5.00. The Balaban J connectivity index is 1.54. The van der Waals surface area contributed by atoms with Crippen LogP contribution in [0.15, 0.2) is 24.3 Å². The van der Waals surface area contributed by atoms with Gasteiger partial charge in [0.1, 0.15) is 17.4 Å². The van der Waals surface area contributed by atoms with Crippen molar-refractivity contribution < 1.29 is 24.5 Å². The molecule has 5 rings (SSSR count). The number of rotatable bonds is 5. The van der Waals surface area contributed by atoms with Crippen LogP contribution in [-0.2, 0) is 16.0 Å². The molecule has 4 fully saturated rings. The molecule has 4 saturated carbocycles. The number of nitrogens with two attached hydrogens (primary N) is 1. The second-order valence-electron chi connectivity index (χ2n) is 8.95. The van der Waals surface area contributed by atoms with Crippen LogP contribution in [0, 0.1) is 23.2 Å². The van der Waals surface area contributed by atoms with Crippen molar-refractivity contribution in [3.63, 3.8) is 0 Å². The Kier molecular flexibility index (Phi) is 4.88. The number of ether oxygens (including phenoxy) is 1. The van der Waals surface area contributed by atoms with Crippen molar-refractivity contribution in [2.45, 2.75) is 56.6 Å². The second kappa shape index (κ2) is 7.24. The van der Waals surface area contributed by atoms with E-state index in [2.05, 4.69) is 0 Å². The third-order valence-electron chi connectivity index (χ3n) is 6.68. The second-order valence-corrected chi connectivity index (χ2v) is 8.95. The maximum Gasteiger partial charge on any atom is 0.418 e. The van der Waals surface area contributed by atoms with Crippen molar-refractivity contribution in [1.29, 1.82) is 5.41 Å². The average molecular weight is 401 g/mol. The Hall–Kier alpha value is -2.77. The van der Waals surface area contributed by atoms with Gasteiger partial charge in [0.25, 0.3) is 0 Å². The van der Waals surface area contributed by atoms with E-state index < -0.39 is 29.7 Å². The molecule has 0 saturated heterocycles. The minimum Gasteiger partial charge on any atom is -0.508 e. The fourth-order valence-corrected chi connectivity index (χ4v) is 5.98. The predicted molar refractivity (Wildman–Crippen MR) is 104 cm³/mol. The number of phenols is 1. The van der Waals surface area contributed by atoms with Gasteiger partial charge in [0, 0.05) is 6.42 Å². The van der Waals surface area contributed by atoms with E-state index in [1.165, 1.54) is 31.4 Å². The molecule has 0 spiro atoms. The van der Waals surface area contributed by atoms with Gasteiger partial charge in [-0.1, -0.05) is 12.1 Å². The number of amides is 1. The third-order valence-corrected chi connectivity index (χ3v) is 6.68. The number of carbonyl (C=O) groups excluding carboxylic acids is 1. The van der Waals surface area contributed by atoms with E-state index in [9.17, 15) is 19.8 Å². The number of benzene rings is 1. The van der Waals surface area contributed by atoms with Crippen LogP contribution in [0.25, 0.3) is 0 Å². The lowest BCUT2D eigenvalue weighted by atomic mass is 9.54. The first-order chi connectivity index (χ1) is 13.7. The molecule has 1 aromatic rings. The summed E-state index contributed by atoms with van der Waals surface area (Å²) in [6, 6.07) is 4.76. The largest absolute Gasteiger partial charge is 0.508 e. The van der Waals surface area contributed by atoms with Crippen LogP contribution >= 0.6 is 0 Å². The summed E-state index contributed by atoms with van der Waals surface area (Å²) >= 11 is 0. The minimum atomic E-state index is -1.39. The Morgan fingerprint density at radius 3 is 2.28 bits per heavy atom. The number of nitrogens with one attached hydrogen (secondary N) is 1. The van der Waals surface area contributed by atoms with Crippen LogP contribution < -0.4 is 5.73 Å². The molecule has 1 aromatic carbocycles. The molecule has 5 N–H and O–H groups in total. The summed E-state index contributed by atoms with van der Waals surface area (Å²) in [7, 11) is 0. The van der Waals surface area contributed by atoms with Gasteiger partial charge in [-0.3, -0.25) is 5.41 Å². The van der Waals surface area contributed by atoms with Gasteiger partial charge in [-0.05, 0) is 74.0 Å². The van der Waals surface area contributed by atoms with Crippen LogP contribution in [0.3, 0.4) is 0 Å². The molecule has 29 heavy (non-hydrogen) atoms. The number of carboxylic acid groups (broad SMARTS) is 1. The molecule has 8 nitrogen and oxygen atoms in total. The summed E-state index contributed by atoms with van der Waals surface area (Å²) in [5.74, 6) is -0.275. The minimum absolute atomic E-state index is 0.00263. The normalized spacial score (nSPS) is 30.6. The molecule has 4 bridgehead atoms. The number of carbonyl (C=O) groups is 2. The van der Waals surface area contributed by atoms with Gasteiger partial charge in [0.05, 0.1) is 0 Å². The molecular weight excluding hydrogens is 374 g/mol. The number of guanidine groups is 1. The van der Waals surface area contributed by atoms with Crippen LogP contribution in [0.2, 0.25) is 0 Å². The van der Waals surface area contributed by atoms with E-state index in [-0.39, 0.29) is 12.2 Å². The van der Waals surface area contributed by atoms with Crippen LogP contribution in [0.4, 0.5) is 4.79 Å². The maximum atomic E-state index is 13.0. The molecule has 1 atom stereocenters. The molecule has 0 aliphatic heterocycles. The summed E-state index contributed by atoms with van der Waals surface area (Å²) in [4.78, 5) is 25.7. The SMILES string of the molecule is N=C(N)N(C(=O)OC12CC3CC(CC(C3)C1)C2)[C@@H](Cc1cccc(O)c1)C(=O)O. The number of phenolic OH excluding ortho intramolecular Hbond substituents is 1. The summed E-state index contributed by atoms with van der Waals surface area (Å²) in [6.45, 7) is 0. The van der Waals surface area contributed by atoms with E-state index >= 15 is 0 Å². The van der Waals surface area contributed by atoms with Gasteiger partial charge in [0.15, 0.2) is 5.96 Å². The lowest BCUT2D eigenvalue weighted by Gasteiger charge is -2.55. The molecule has 0 unspecified atom stereocenters. The fourth-order valence-electron chi connectivity index (χ4n) is 5.98. The molecule has 8 heteroatoms. The first-order valence-electron chi connectivity index (χ1n) is 10.1. The Labute approximate surface area is 169 Å². The zero-order valence-electron chi connectivity index (χ0n) is 16.2. The molecule has 4 aliphatic carbocycles. The maximum absolute atomic E-state index is 13.0. The topological polar surface area (TPSA) is 137 Å². The van der Waals surface area contributed by atoms with Crippen molar-refractivity contribution in [2.75, 3.05) is 0 Å². The smallest absolute Gasteiger partial charge is 0.418 e. The zero-order chi connectivity index (χ0) is 20.8. The summed E-state index contributed by atoms with van der Waals surface area (Å²) in [5, 5.41) is 27.2. The number of aliphatic carboxylic acids is 1. The lowest BCUT2D eigenvalue weighted by Crippen LogP contribution is -2.58. The highest BCUT2D eigenvalue weighted by atomic mass is 16.6. The van der Waals surface area contributed by atoms with Crippen molar-refractivity contribution >= 4 is 18.0 Å². The zero-order valence-corrected chi connectivity index (χ0v) is 16.2. The number of nitrogens with zero attached hydrogens (tertiary/aromatic N) is 1. The molecule has 0 radical (unpaired) electrons. The standard InChI is InChI=1S/C21H27N3O5/c22-19(23)24(17(18(26)27)8-12-2-1-3-16(25)7-12)20(28)29-21-9-13-4-14(10-21)6-15(5-13)11-21/h1-3,7,13-15,17,25H,4-6,8-11H2,(H3,22,23)(H,26,27)/t13?,14?,15?,17-,21?/m0/s1. The van der Waals surface area contributed by atoms with Crippen molar-refractivity contribution in [1.82, 2.24) is 4.90 Å². The van der Waals surface area contributed by atoms with Crippen LogP contribution in [0.1, 0.15) is 44.1 Å². The molecule has 4 aliphatic rings. The molecular formula is C21H27N3O5. The first-order valence-corrected chi connectivity index (χ1v) is 10.1. The van der Waals surface area contributed by atoms with Crippen molar-refractivity contribution in [2.24, 2.45) is 23.5 Å².